The lowest BCUT2D eigenvalue weighted by Gasteiger charge is -2.23. The van der Waals surface area contributed by atoms with Crippen LogP contribution in [0.25, 0.3) is 0 Å². The molecule has 1 aliphatic heterocycles. The minimum absolute atomic E-state index is 0.0581. The standard InChI is InChI=1S/C9H10O7/c1-2-9(3-4-10)15-7(13)5(11)6(12)8(14)16-9/h5-6,10-12H,2H2,1H3. The lowest BCUT2D eigenvalue weighted by molar-refractivity contribution is -0.205. The van der Waals surface area contributed by atoms with Crippen molar-refractivity contribution >= 4 is 11.9 Å². The van der Waals surface area contributed by atoms with Crippen LogP contribution in [0.5, 0.6) is 0 Å². The third kappa shape index (κ3) is 2.08. The van der Waals surface area contributed by atoms with E-state index in [4.69, 9.17) is 15.3 Å². The molecule has 0 bridgehead atoms. The van der Waals surface area contributed by atoms with Crippen molar-refractivity contribution in [3.63, 3.8) is 0 Å². The molecule has 2 unspecified atom stereocenters. The normalized spacial score (nSPS) is 34.2. The van der Waals surface area contributed by atoms with E-state index in [1.807, 2.05) is 5.92 Å². The van der Waals surface area contributed by atoms with Crippen molar-refractivity contribution in [2.24, 2.45) is 0 Å². The number of rotatable bonds is 1. The summed E-state index contributed by atoms with van der Waals surface area (Å²) in [4.78, 5) is 22.4. The van der Waals surface area contributed by atoms with Gasteiger partial charge in [-0.2, -0.15) is 0 Å². The largest absolute Gasteiger partial charge is 0.462 e. The number of hydrogen-bond donors (Lipinski definition) is 3. The maximum Gasteiger partial charge on any atom is 0.342 e. The molecule has 0 radical (unpaired) electrons. The Balaban J connectivity index is 3.10. The summed E-state index contributed by atoms with van der Waals surface area (Å²) < 4.78 is 9.23. The second-order valence-corrected chi connectivity index (χ2v) is 3.08. The summed E-state index contributed by atoms with van der Waals surface area (Å²) in [6, 6.07) is 0. The van der Waals surface area contributed by atoms with Gasteiger partial charge in [-0.3, -0.25) is 0 Å². The number of esters is 2. The first kappa shape index (κ1) is 12.3. The number of carbonyl (C=O) groups is 2. The van der Waals surface area contributed by atoms with Gasteiger partial charge < -0.3 is 24.8 Å². The van der Waals surface area contributed by atoms with E-state index in [0.717, 1.165) is 0 Å². The van der Waals surface area contributed by atoms with Gasteiger partial charge in [-0.1, -0.05) is 6.92 Å². The van der Waals surface area contributed by atoms with E-state index in [0.29, 0.717) is 0 Å². The average Bonchev–Trinajstić information content (AvgIpc) is 2.32. The summed E-state index contributed by atoms with van der Waals surface area (Å²) in [6.45, 7) is 1.48. The van der Waals surface area contributed by atoms with Crippen LogP contribution in [0.2, 0.25) is 0 Å². The van der Waals surface area contributed by atoms with E-state index in [2.05, 4.69) is 9.47 Å². The summed E-state index contributed by atoms with van der Waals surface area (Å²) in [5.74, 6) is -2.48. The van der Waals surface area contributed by atoms with Crippen LogP contribution >= 0.6 is 0 Å². The molecule has 1 fully saturated rings. The van der Waals surface area contributed by atoms with Gasteiger partial charge in [0.15, 0.2) is 12.2 Å². The first-order valence-corrected chi connectivity index (χ1v) is 4.44. The van der Waals surface area contributed by atoms with Gasteiger partial charge in [-0.25, -0.2) is 9.59 Å². The molecule has 2 atom stereocenters. The minimum atomic E-state index is -2.03. The van der Waals surface area contributed by atoms with Gasteiger partial charge in [0.05, 0.1) is 0 Å². The molecule has 0 aromatic carbocycles. The van der Waals surface area contributed by atoms with Gasteiger partial charge in [0.25, 0.3) is 0 Å². The lowest BCUT2D eigenvalue weighted by atomic mass is 10.2. The predicted molar refractivity (Wildman–Crippen MR) is 46.9 cm³/mol. The van der Waals surface area contributed by atoms with Gasteiger partial charge in [0.2, 0.25) is 0 Å². The Labute approximate surface area is 90.6 Å². The molecule has 0 aliphatic carbocycles. The zero-order valence-corrected chi connectivity index (χ0v) is 8.34. The Bertz CT molecular complexity index is 342. The van der Waals surface area contributed by atoms with E-state index in [-0.39, 0.29) is 6.42 Å². The Morgan fingerprint density at radius 3 is 2.00 bits per heavy atom. The van der Waals surface area contributed by atoms with Crippen molar-refractivity contribution in [1.29, 1.82) is 0 Å². The number of aliphatic hydroxyl groups is 3. The van der Waals surface area contributed by atoms with Crippen molar-refractivity contribution in [2.75, 3.05) is 0 Å². The molecule has 0 spiro atoms. The molecular weight excluding hydrogens is 220 g/mol. The fraction of sp³-hybridized carbons (Fsp3) is 0.556. The quantitative estimate of drug-likeness (QED) is 0.361. The first-order chi connectivity index (χ1) is 7.45. The van der Waals surface area contributed by atoms with Crippen LogP contribution in [-0.4, -0.2) is 45.3 Å². The van der Waals surface area contributed by atoms with Gasteiger partial charge in [0, 0.05) is 12.3 Å². The molecule has 1 aliphatic rings. The molecule has 1 rings (SSSR count). The second kappa shape index (κ2) is 4.38. The molecule has 1 heterocycles. The monoisotopic (exact) mass is 230 g/mol. The maximum atomic E-state index is 11.2. The van der Waals surface area contributed by atoms with Crippen molar-refractivity contribution in [3.05, 3.63) is 0 Å². The van der Waals surface area contributed by atoms with Crippen LogP contribution in [0.3, 0.4) is 0 Å². The van der Waals surface area contributed by atoms with E-state index in [1.54, 1.807) is 0 Å². The van der Waals surface area contributed by atoms with Crippen molar-refractivity contribution in [2.45, 2.75) is 31.3 Å². The Morgan fingerprint density at radius 1 is 1.25 bits per heavy atom. The number of hydrogen-bond acceptors (Lipinski definition) is 7. The van der Waals surface area contributed by atoms with E-state index < -0.39 is 29.9 Å². The van der Waals surface area contributed by atoms with Crippen molar-refractivity contribution < 1.29 is 34.4 Å². The Kier molecular flexibility index (Phi) is 3.37. The van der Waals surface area contributed by atoms with Gasteiger partial charge in [0.1, 0.15) is 6.11 Å². The summed E-state index contributed by atoms with van der Waals surface area (Å²) in [7, 11) is 0. The lowest BCUT2D eigenvalue weighted by Crippen LogP contribution is -2.38. The third-order valence-electron chi connectivity index (χ3n) is 2.02. The van der Waals surface area contributed by atoms with E-state index in [9.17, 15) is 9.59 Å². The van der Waals surface area contributed by atoms with Gasteiger partial charge in [-0.15, -0.1) is 0 Å². The van der Waals surface area contributed by atoms with Crippen LogP contribution in [0, 0.1) is 12.0 Å². The average molecular weight is 230 g/mol. The van der Waals surface area contributed by atoms with Gasteiger partial charge in [-0.05, 0) is 0 Å². The fourth-order valence-corrected chi connectivity index (χ4v) is 1.09. The zero-order chi connectivity index (χ0) is 12.3. The Hall–Kier alpha value is -1.78. The molecule has 0 saturated carbocycles. The molecule has 3 N–H and O–H groups in total. The van der Waals surface area contributed by atoms with Crippen molar-refractivity contribution in [3.8, 4) is 12.0 Å². The molecule has 0 aromatic heterocycles. The van der Waals surface area contributed by atoms with Gasteiger partial charge >= 0.3 is 17.7 Å². The number of ether oxygens (including phenoxy) is 2. The van der Waals surface area contributed by atoms with Crippen molar-refractivity contribution in [1.82, 2.24) is 0 Å². The predicted octanol–water partition coefficient (Wildman–Crippen LogP) is -1.75. The van der Waals surface area contributed by atoms with Crippen LogP contribution < -0.4 is 0 Å². The number of carbonyl (C=O) groups excluding carboxylic acids is 2. The van der Waals surface area contributed by atoms with Crippen LogP contribution in [0.1, 0.15) is 13.3 Å². The highest BCUT2D eigenvalue weighted by Gasteiger charge is 2.47. The molecular formula is C9H10O7. The minimum Gasteiger partial charge on any atom is -0.462 e. The molecule has 16 heavy (non-hydrogen) atoms. The summed E-state index contributed by atoms with van der Waals surface area (Å²) >= 11 is 0. The summed E-state index contributed by atoms with van der Waals surface area (Å²) in [5.41, 5.74) is 0. The zero-order valence-electron chi connectivity index (χ0n) is 8.34. The molecule has 0 aromatic rings. The second-order valence-electron chi connectivity index (χ2n) is 3.08. The van der Waals surface area contributed by atoms with E-state index >= 15 is 0 Å². The molecule has 88 valence electrons. The SMILES string of the molecule is CCC1(C#CO)OC(=O)C(O)C(O)C(=O)O1. The molecule has 1 saturated heterocycles. The topological polar surface area (TPSA) is 113 Å². The van der Waals surface area contributed by atoms with Crippen LogP contribution in [0.15, 0.2) is 0 Å². The number of cyclic esters (lactones) is 2. The highest BCUT2D eigenvalue weighted by molar-refractivity contribution is 5.87. The van der Waals surface area contributed by atoms with E-state index in [1.165, 1.54) is 13.0 Å². The third-order valence-corrected chi connectivity index (χ3v) is 2.02. The Morgan fingerprint density at radius 2 is 1.69 bits per heavy atom. The maximum absolute atomic E-state index is 11.2. The molecule has 0 amide bonds. The summed E-state index contributed by atoms with van der Waals surface area (Å²) in [5, 5.41) is 26.8. The molecule has 7 heteroatoms. The number of aliphatic hydroxyl groups excluding tert-OH is 3. The first-order valence-electron chi connectivity index (χ1n) is 4.44. The fourth-order valence-electron chi connectivity index (χ4n) is 1.09. The smallest absolute Gasteiger partial charge is 0.342 e. The highest BCUT2D eigenvalue weighted by atomic mass is 16.7. The van der Waals surface area contributed by atoms with Crippen LogP contribution in [-0.2, 0) is 19.1 Å². The summed E-state index contributed by atoms with van der Waals surface area (Å²) in [6.07, 6.45) is -2.65. The molecule has 7 nitrogen and oxygen atoms in total. The highest BCUT2D eigenvalue weighted by Crippen LogP contribution is 2.23. The van der Waals surface area contributed by atoms with Crippen LogP contribution in [0.4, 0.5) is 0 Å².